The number of pyridine rings is 1. The molecule has 1 aromatic rings. The van der Waals surface area contributed by atoms with E-state index in [-0.39, 0.29) is 25.7 Å². The van der Waals surface area contributed by atoms with Crippen LogP contribution in [0.25, 0.3) is 0 Å². The van der Waals surface area contributed by atoms with Gasteiger partial charge in [0.25, 0.3) is 5.56 Å². The first-order chi connectivity index (χ1) is 10.9. The molecule has 0 bridgehead atoms. The molecule has 0 saturated carbocycles. The lowest BCUT2D eigenvalue weighted by molar-refractivity contribution is -0.148. The molecule has 0 aromatic carbocycles. The van der Waals surface area contributed by atoms with Crippen LogP contribution in [0.3, 0.4) is 0 Å². The maximum atomic E-state index is 12.3. The minimum Gasteiger partial charge on any atom is -0.464 e. The van der Waals surface area contributed by atoms with Crippen LogP contribution in [0.2, 0.25) is 0 Å². The van der Waals surface area contributed by atoms with Gasteiger partial charge in [-0.1, -0.05) is 11.8 Å². The Morgan fingerprint density at radius 2 is 2.05 bits per heavy atom. The molecule has 2 rings (SSSR count). The summed E-state index contributed by atoms with van der Waals surface area (Å²) < 4.78 is 18.2. The molecule has 7 heteroatoms. The van der Waals surface area contributed by atoms with Crippen LogP contribution in [0.4, 0.5) is 0 Å². The first-order valence-corrected chi connectivity index (χ1v) is 7.78. The summed E-state index contributed by atoms with van der Waals surface area (Å²) in [7, 11) is 0. The summed E-state index contributed by atoms with van der Waals surface area (Å²) in [6.45, 7) is 5.36. The van der Waals surface area contributed by atoms with Crippen molar-refractivity contribution in [3.05, 3.63) is 28.0 Å². The number of thioether (sulfide) groups is 1. The molecule has 1 aliphatic rings. The Bertz CT molecular complexity index is 689. The summed E-state index contributed by atoms with van der Waals surface area (Å²) in [4.78, 5) is 36.7. The minimum absolute atomic E-state index is 0.107. The molecule has 1 aliphatic heterocycles. The van der Waals surface area contributed by atoms with Gasteiger partial charge in [-0.3, -0.25) is 9.36 Å². The van der Waals surface area contributed by atoms with Gasteiger partial charge in [0, 0.05) is 12.2 Å². The number of fused-ring (bicyclic) bond motifs is 1. The zero-order valence-corrected chi connectivity index (χ0v) is 13.6. The normalized spacial score (nSPS) is 23.6. The molecule has 120 valence electrons. The molecule has 1 aromatic heterocycles. The minimum atomic E-state index is -0.943. The van der Waals surface area contributed by atoms with Gasteiger partial charge in [0.1, 0.15) is 6.04 Å². The van der Waals surface area contributed by atoms with Gasteiger partial charge < -0.3 is 9.47 Å². The SMILES string of the molecule is [2H]C[C@]1(C)Sc2c(C(=O)OCC)ccc(=O)n2[C@H]1C(=O)OCC. The van der Waals surface area contributed by atoms with Crippen LogP contribution in [-0.4, -0.2) is 34.5 Å². The van der Waals surface area contributed by atoms with Crippen LogP contribution in [0, 0.1) is 0 Å². The first-order valence-electron chi connectivity index (χ1n) is 7.67. The van der Waals surface area contributed by atoms with E-state index in [1.54, 1.807) is 20.8 Å². The van der Waals surface area contributed by atoms with Gasteiger partial charge in [0.2, 0.25) is 0 Å². The van der Waals surface area contributed by atoms with Gasteiger partial charge in [-0.05, 0) is 33.7 Å². The van der Waals surface area contributed by atoms with Gasteiger partial charge >= 0.3 is 11.9 Å². The number of carbonyl (C=O) groups is 2. The van der Waals surface area contributed by atoms with E-state index in [2.05, 4.69) is 0 Å². The highest BCUT2D eigenvalue weighted by atomic mass is 32.2. The largest absolute Gasteiger partial charge is 0.464 e. The number of hydrogen-bond acceptors (Lipinski definition) is 6. The average Bonchev–Trinajstić information content (AvgIpc) is 2.82. The van der Waals surface area contributed by atoms with E-state index in [4.69, 9.17) is 10.8 Å². The molecular formula is C15H19NO5S. The lowest BCUT2D eigenvalue weighted by Crippen LogP contribution is -2.38. The third kappa shape index (κ3) is 2.77. The standard InChI is InChI=1S/C15H19NO5S/c1-5-20-13(18)9-7-8-10(17)16-11(14(19)21-6-2)15(3,4)22-12(9)16/h7-8,11H,5-6H2,1-4H3/t11-/m0/s1/i3D/t11-,15+. The summed E-state index contributed by atoms with van der Waals surface area (Å²) >= 11 is 1.17. The van der Waals surface area contributed by atoms with Crippen molar-refractivity contribution in [3.8, 4) is 0 Å². The molecule has 0 spiro atoms. The molecular weight excluding hydrogens is 306 g/mol. The summed E-state index contributed by atoms with van der Waals surface area (Å²) in [6.07, 6.45) is 0. The van der Waals surface area contributed by atoms with E-state index in [0.29, 0.717) is 5.03 Å². The van der Waals surface area contributed by atoms with Gasteiger partial charge in [0.05, 0.1) is 23.8 Å². The molecule has 2 atom stereocenters. The van der Waals surface area contributed by atoms with Crippen molar-refractivity contribution < 1.29 is 20.4 Å². The van der Waals surface area contributed by atoms with Gasteiger partial charge in [0.15, 0.2) is 0 Å². The number of hydrogen-bond donors (Lipinski definition) is 0. The third-order valence-corrected chi connectivity index (χ3v) is 4.55. The Labute approximate surface area is 134 Å². The number of nitrogens with zero attached hydrogens (tertiary/aromatic N) is 1. The van der Waals surface area contributed by atoms with Crippen molar-refractivity contribution in [2.24, 2.45) is 0 Å². The van der Waals surface area contributed by atoms with Gasteiger partial charge in [-0.2, -0.15) is 0 Å². The second-order valence-corrected chi connectivity index (χ2v) is 6.57. The molecule has 6 nitrogen and oxygen atoms in total. The van der Waals surface area contributed by atoms with E-state index in [0.717, 1.165) is 0 Å². The smallest absolute Gasteiger partial charge is 0.340 e. The van der Waals surface area contributed by atoms with Crippen molar-refractivity contribution in [2.45, 2.75) is 43.5 Å². The lowest BCUT2D eigenvalue weighted by Gasteiger charge is -2.24. The Kier molecular flexibility index (Phi) is 4.24. The molecule has 0 N–H and O–H groups in total. The fourth-order valence-electron chi connectivity index (χ4n) is 2.37. The first kappa shape index (κ1) is 15.1. The van der Waals surface area contributed by atoms with Crippen LogP contribution in [0.5, 0.6) is 0 Å². The highest BCUT2D eigenvalue weighted by Gasteiger charge is 2.47. The van der Waals surface area contributed by atoms with Crippen LogP contribution >= 0.6 is 11.8 Å². The van der Waals surface area contributed by atoms with Crippen molar-refractivity contribution in [1.82, 2.24) is 4.57 Å². The van der Waals surface area contributed by atoms with Crippen molar-refractivity contribution in [2.75, 3.05) is 13.2 Å². The molecule has 2 heterocycles. The molecule has 0 radical (unpaired) electrons. The quantitative estimate of drug-likeness (QED) is 0.788. The van der Waals surface area contributed by atoms with E-state index in [1.807, 2.05) is 0 Å². The van der Waals surface area contributed by atoms with Crippen LogP contribution in [0.15, 0.2) is 22.0 Å². The number of esters is 2. The van der Waals surface area contributed by atoms with Crippen LogP contribution in [-0.2, 0) is 14.3 Å². The monoisotopic (exact) mass is 326 g/mol. The Morgan fingerprint density at radius 3 is 2.64 bits per heavy atom. The van der Waals surface area contributed by atoms with E-state index in [9.17, 15) is 14.4 Å². The topological polar surface area (TPSA) is 74.6 Å². The maximum absolute atomic E-state index is 12.3. The predicted octanol–water partition coefficient (Wildman–Crippen LogP) is 2.01. The Balaban J connectivity index is 2.61. The molecule has 0 fully saturated rings. The second-order valence-electron chi connectivity index (χ2n) is 5.05. The van der Waals surface area contributed by atoms with Crippen LogP contribution in [0.1, 0.15) is 45.4 Å². The number of aromatic nitrogens is 1. The van der Waals surface area contributed by atoms with E-state index < -0.39 is 28.3 Å². The zero-order valence-electron chi connectivity index (χ0n) is 13.8. The average molecular weight is 326 g/mol. The van der Waals surface area contributed by atoms with Crippen LogP contribution < -0.4 is 5.56 Å². The summed E-state index contributed by atoms with van der Waals surface area (Å²) in [5.74, 6) is -1.13. The highest BCUT2D eigenvalue weighted by molar-refractivity contribution is 8.01. The third-order valence-electron chi connectivity index (χ3n) is 3.25. The fourth-order valence-corrected chi connectivity index (χ4v) is 3.68. The lowest BCUT2D eigenvalue weighted by atomic mass is 10.0. The number of carbonyl (C=O) groups excluding carboxylic acids is 2. The fraction of sp³-hybridized carbons (Fsp3) is 0.533. The molecule has 22 heavy (non-hydrogen) atoms. The molecule has 0 unspecified atom stereocenters. The summed E-state index contributed by atoms with van der Waals surface area (Å²) in [5.41, 5.74) is -0.182. The van der Waals surface area contributed by atoms with Crippen molar-refractivity contribution in [3.63, 3.8) is 0 Å². The summed E-state index contributed by atoms with van der Waals surface area (Å²) in [6, 6.07) is 1.69. The second kappa shape index (κ2) is 6.16. The Morgan fingerprint density at radius 1 is 1.36 bits per heavy atom. The van der Waals surface area contributed by atoms with Gasteiger partial charge in [-0.25, -0.2) is 9.59 Å². The van der Waals surface area contributed by atoms with Gasteiger partial charge in [-0.15, -0.1) is 0 Å². The van der Waals surface area contributed by atoms with Crippen molar-refractivity contribution >= 4 is 23.7 Å². The zero-order chi connectivity index (χ0) is 17.2. The summed E-state index contributed by atoms with van der Waals surface area (Å²) in [5, 5.41) is 0.351. The molecule has 0 aliphatic carbocycles. The number of rotatable bonds is 4. The maximum Gasteiger partial charge on any atom is 0.340 e. The Hall–Kier alpha value is -1.76. The van der Waals surface area contributed by atoms with E-state index >= 15 is 0 Å². The predicted molar refractivity (Wildman–Crippen MR) is 82.3 cm³/mol. The van der Waals surface area contributed by atoms with E-state index in [1.165, 1.54) is 28.5 Å². The highest BCUT2D eigenvalue weighted by Crippen LogP contribution is 2.49. The molecule has 0 saturated heterocycles. The number of ether oxygens (including phenoxy) is 2. The molecule has 0 amide bonds. The van der Waals surface area contributed by atoms with Crippen molar-refractivity contribution in [1.29, 1.82) is 0 Å².